The van der Waals surface area contributed by atoms with Gasteiger partial charge in [-0.05, 0) is 25.2 Å². The van der Waals surface area contributed by atoms with E-state index in [2.05, 4.69) is 4.90 Å². The fourth-order valence-corrected chi connectivity index (χ4v) is 2.63. The van der Waals surface area contributed by atoms with E-state index in [1.807, 2.05) is 0 Å². The van der Waals surface area contributed by atoms with Crippen LogP contribution in [0.4, 0.5) is 0 Å². The van der Waals surface area contributed by atoms with E-state index in [4.69, 9.17) is 16.2 Å². The number of hydrogen-bond donors (Lipinski definition) is 2. The highest BCUT2D eigenvalue weighted by Crippen LogP contribution is 2.23. The topological polar surface area (TPSA) is 64.5 Å². The fraction of sp³-hybridized carbons (Fsp3) is 1.00. The lowest BCUT2D eigenvalue weighted by Crippen LogP contribution is -2.48. The first-order valence-corrected chi connectivity index (χ1v) is 6.07. The van der Waals surface area contributed by atoms with Crippen LogP contribution in [0.25, 0.3) is 0 Å². The summed E-state index contributed by atoms with van der Waals surface area (Å²) in [4.78, 5) is 2.50. The molecule has 2 rings (SSSR count). The van der Waals surface area contributed by atoms with Crippen molar-refractivity contribution >= 4 is 0 Å². The van der Waals surface area contributed by atoms with Crippen molar-refractivity contribution in [3.63, 3.8) is 0 Å². The van der Waals surface area contributed by atoms with Crippen LogP contribution in [0.2, 0.25) is 0 Å². The van der Waals surface area contributed by atoms with Gasteiger partial charge in [0, 0.05) is 31.7 Å². The average Bonchev–Trinajstić information content (AvgIpc) is 2.25. The van der Waals surface area contributed by atoms with E-state index in [0.29, 0.717) is 0 Å². The average molecular weight is 213 g/mol. The van der Waals surface area contributed by atoms with E-state index in [-0.39, 0.29) is 12.1 Å². The van der Waals surface area contributed by atoms with Crippen LogP contribution in [0.3, 0.4) is 0 Å². The highest BCUT2D eigenvalue weighted by atomic mass is 16.5. The van der Waals surface area contributed by atoms with Gasteiger partial charge in [0.25, 0.3) is 0 Å². The van der Waals surface area contributed by atoms with Gasteiger partial charge in [0.1, 0.15) is 0 Å². The molecule has 2 aliphatic rings. The van der Waals surface area contributed by atoms with Gasteiger partial charge >= 0.3 is 0 Å². The Morgan fingerprint density at radius 1 is 1.07 bits per heavy atom. The Hall–Kier alpha value is -0.160. The normalized spacial score (nSPS) is 39.2. The van der Waals surface area contributed by atoms with E-state index in [9.17, 15) is 0 Å². The molecule has 0 amide bonds. The molecule has 88 valence electrons. The highest BCUT2D eigenvalue weighted by Gasteiger charge is 2.26. The molecule has 4 N–H and O–H groups in total. The van der Waals surface area contributed by atoms with Crippen LogP contribution in [0, 0.1) is 5.92 Å². The van der Waals surface area contributed by atoms with E-state index in [0.717, 1.165) is 45.1 Å². The van der Waals surface area contributed by atoms with Crippen LogP contribution in [0.15, 0.2) is 0 Å². The molecule has 15 heavy (non-hydrogen) atoms. The van der Waals surface area contributed by atoms with E-state index in [1.54, 1.807) is 0 Å². The van der Waals surface area contributed by atoms with Crippen molar-refractivity contribution in [1.29, 1.82) is 0 Å². The standard InChI is InChI=1S/C11H23N3O/c12-10-2-1-9(7-11(10)13)8-14-3-5-15-6-4-14/h9-11H,1-8,12-13H2/t9?,10-,11+/m0/s1. The van der Waals surface area contributed by atoms with Gasteiger partial charge < -0.3 is 16.2 Å². The molecule has 0 aromatic carbocycles. The maximum Gasteiger partial charge on any atom is 0.0594 e. The third-order valence-electron chi connectivity index (χ3n) is 3.68. The molecule has 2 fully saturated rings. The molecule has 0 aromatic heterocycles. The summed E-state index contributed by atoms with van der Waals surface area (Å²) in [6.45, 7) is 5.12. The summed E-state index contributed by atoms with van der Waals surface area (Å²) < 4.78 is 5.34. The zero-order valence-corrected chi connectivity index (χ0v) is 9.40. The van der Waals surface area contributed by atoms with Gasteiger partial charge in [-0.3, -0.25) is 4.90 Å². The molecule has 1 unspecified atom stereocenters. The Labute approximate surface area is 91.9 Å². The molecule has 3 atom stereocenters. The van der Waals surface area contributed by atoms with Crippen molar-refractivity contribution in [2.45, 2.75) is 31.3 Å². The molecule has 1 saturated carbocycles. The molecular weight excluding hydrogens is 190 g/mol. The number of morpholine rings is 1. The Morgan fingerprint density at radius 3 is 2.47 bits per heavy atom. The molecule has 0 spiro atoms. The van der Waals surface area contributed by atoms with Crippen LogP contribution >= 0.6 is 0 Å². The van der Waals surface area contributed by atoms with Crippen molar-refractivity contribution < 1.29 is 4.74 Å². The maximum absolute atomic E-state index is 6.01. The predicted molar refractivity (Wildman–Crippen MR) is 60.6 cm³/mol. The molecule has 1 aliphatic heterocycles. The molecule has 0 bridgehead atoms. The summed E-state index contributed by atoms with van der Waals surface area (Å²) in [5.74, 6) is 0.748. The molecule has 1 heterocycles. The second kappa shape index (κ2) is 5.25. The minimum absolute atomic E-state index is 0.213. The number of ether oxygens (including phenoxy) is 1. The lowest BCUT2D eigenvalue weighted by molar-refractivity contribution is 0.0266. The zero-order chi connectivity index (χ0) is 10.7. The Bertz CT molecular complexity index is 194. The number of rotatable bonds is 2. The van der Waals surface area contributed by atoms with Gasteiger partial charge in [0.2, 0.25) is 0 Å². The molecular formula is C11H23N3O. The van der Waals surface area contributed by atoms with E-state index >= 15 is 0 Å². The smallest absolute Gasteiger partial charge is 0.0594 e. The first kappa shape index (κ1) is 11.3. The summed E-state index contributed by atoms with van der Waals surface area (Å²) in [5, 5.41) is 0. The summed E-state index contributed by atoms with van der Waals surface area (Å²) >= 11 is 0. The fourth-order valence-electron chi connectivity index (χ4n) is 2.63. The Kier molecular flexibility index (Phi) is 3.97. The van der Waals surface area contributed by atoms with Gasteiger partial charge in [0.05, 0.1) is 13.2 Å². The van der Waals surface area contributed by atoms with Gasteiger partial charge in [-0.2, -0.15) is 0 Å². The minimum atomic E-state index is 0.213. The Balaban J connectivity index is 1.74. The van der Waals surface area contributed by atoms with Crippen LogP contribution in [-0.4, -0.2) is 49.8 Å². The lowest BCUT2D eigenvalue weighted by Gasteiger charge is -2.36. The number of hydrogen-bond acceptors (Lipinski definition) is 4. The van der Waals surface area contributed by atoms with Crippen molar-refractivity contribution in [3.05, 3.63) is 0 Å². The third-order valence-corrected chi connectivity index (χ3v) is 3.68. The summed E-state index contributed by atoms with van der Waals surface area (Å²) in [6.07, 6.45) is 3.43. The second-order valence-electron chi connectivity index (χ2n) is 4.92. The van der Waals surface area contributed by atoms with E-state index < -0.39 is 0 Å². The van der Waals surface area contributed by atoms with Gasteiger partial charge in [-0.1, -0.05) is 0 Å². The molecule has 0 radical (unpaired) electrons. The number of nitrogens with two attached hydrogens (primary N) is 2. The van der Waals surface area contributed by atoms with Crippen LogP contribution in [-0.2, 0) is 4.74 Å². The van der Waals surface area contributed by atoms with Crippen LogP contribution in [0.5, 0.6) is 0 Å². The van der Waals surface area contributed by atoms with Crippen molar-refractivity contribution in [2.24, 2.45) is 17.4 Å². The van der Waals surface area contributed by atoms with Crippen molar-refractivity contribution in [3.8, 4) is 0 Å². The summed E-state index contributed by atoms with van der Waals surface area (Å²) in [6, 6.07) is 0.440. The first-order chi connectivity index (χ1) is 7.25. The van der Waals surface area contributed by atoms with E-state index in [1.165, 1.54) is 13.0 Å². The highest BCUT2D eigenvalue weighted by molar-refractivity contribution is 4.86. The third kappa shape index (κ3) is 3.14. The summed E-state index contributed by atoms with van der Waals surface area (Å²) in [5.41, 5.74) is 11.9. The second-order valence-corrected chi connectivity index (χ2v) is 4.92. The van der Waals surface area contributed by atoms with Crippen LogP contribution in [0.1, 0.15) is 19.3 Å². The van der Waals surface area contributed by atoms with Gasteiger partial charge in [-0.15, -0.1) is 0 Å². The monoisotopic (exact) mass is 213 g/mol. The predicted octanol–water partition coefficient (Wildman–Crippen LogP) is -0.227. The van der Waals surface area contributed by atoms with Crippen molar-refractivity contribution in [1.82, 2.24) is 4.90 Å². The largest absolute Gasteiger partial charge is 0.379 e. The zero-order valence-electron chi connectivity index (χ0n) is 9.40. The first-order valence-electron chi connectivity index (χ1n) is 6.07. The van der Waals surface area contributed by atoms with Crippen LogP contribution < -0.4 is 11.5 Å². The summed E-state index contributed by atoms with van der Waals surface area (Å²) in [7, 11) is 0. The SMILES string of the molecule is N[C@@H]1CC(CN2CCOCC2)CC[C@@H]1N. The molecule has 0 aromatic rings. The lowest BCUT2D eigenvalue weighted by atomic mass is 9.83. The number of nitrogens with zero attached hydrogens (tertiary/aromatic N) is 1. The maximum atomic E-state index is 6.01. The van der Waals surface area contributed by atoms with Crippen molar-refractivity contribution in [2.75, 3.05) is 32.8 Å². The molecule has 4 nitrogen and oxygen atoms in total. The minimum Gasteiger partial charge on any atom is -0.379 e. The molecule has 4 heteroatoms. The van der Waals surface area contributed by atoms with Gasteiger partial charge in [-0.25, -0.2) is 0 Å². The quantitative estimate of drug-likeness (QED) is 0.665. The molecule has 1 saturated heterocycles. The molecule has 1 aliphatic carbocycles. The Morgan fingerprint density at radius 2 is 1.80 bits per heavy atom. The van der Waals surface area contributed by atoms with Gasteiger partial charge in [0.15, 0.2) is 0 Å².